The molecule has 2 aliphatic rings. The molecule has 2 fully saturated rings. The molecule has 2 amide bonds. The summed E-state index contributed by atoms with van der Waals surface area (Å²) in [6.45, 7) is 6.91. The highest BCUT2D eigenvalue weighted by Gasteiger charge is 2.41. The van der Waals surface area contributed by atoms with Gasteiger partial charge in [0.25, 0.3) is 6.47 Å². The van der Waals surface area contributed by atoms with Crippen molar-refractivity contribution < 1.29 is 14.7 Å². The van der Waals surface area contributed by atoms with Crippen LogP contribution in [0.15, 0.2) is 30.3 Å². The number of nitrogens with zero attached hydrogens (tertiary/aromatic N) is 3. The Balaban J connectivity index is 0.000000878. The van der Waals surface area contributed by atoms with Gasteiger partial charge in [-0.15, -0.1) is 0 Å². The Hall–Kier alpha value is -2.12. The lowest BCUT2D eigenvalue weighted by Gasteiger charge is -2.47. The first-order valence-electron chi connectivity index (χ1n) is 10.00. The number of hydrogen-bond donors (Lipinski definition) is 2. The maximum absolute atomic E-state index is 12.7. The fraction of sp³-hybridized carbons (Fsp3) is 0.619. The molecule has 0 aliphatic carbocycles. The lowest BCUT2D eigenvalue weighted by Crippen LogP contribution is -2.59. The minimum Gasteiger partial charge on any atom is -0.483 e. The van der Waals surface area contributed by atoms with Gasteiger partial charge in [0.1, 0.15) is 0 Å². The van der Waals surface area contributed by atoms with Crippen LogP contribution in [0.1, 0.15) is 37.8 Å². The second-order valence-electron chi connectivity index (χ2n) is 7.91. The second-order valence-corrected chi connectivity index (χ2v) is 7.91. The Kier molecular flexibility index (Phi) is 8.26. The SMILES string of the molecule is C[C@H](NC(=O)N1CCC2(CC1)CN(C)CCCN2C)c1ccccc1.O=CO. The molecule has 0 radical (unpaired) electrons. The minimum atomic E-state index is -0.250. The zero-order valence-electron chi connectivity index (χ0n) is 17.3. The van der Waals surface area contributed by atoms with Gasteiger partial charge in [-0.1, -0.05) is 30.3 Å². The molecule has 1 aromatic carbocycles. The Morgan fingerprint density at radius 2 is 1.75 bits per heavy atom. The number of nitrogens with one attached hydrogen (secondary N) is 1. The van der Waals surface area contributed by atoms with Gasteiger partial charge in [-0.2, -0.15) is 0 Å². The summed E-state index contributed by atoms with van der Waals surface area (Å²) in [6.07, 6.45) is 3.34. The third kappa shape index (κ3) is 5.69. The summed E-state index contributed by atoms with van der Waals surface area (Å²) in [7, 11) is 4.48. The lowest BCUT2D eigenvalue weighted by atomic mass is 9.85. The predicted molar refractivity (Wildman–Crippen MR) is 110 cm³/mol. The van der Waals surface area contributed by atoms with E-state index in [0.717, 1.165) is 44.6 Å². The number of carbonyl (C=O) groups excluding carboxylic acids is 1. The molecule has 2 N–H and O–H groups in total. The summed E-state index contributed by atoms with van der Waals surface area (Å²) in [5.74, 6) is 0. The fourth-order valence-corrected chi connectivity index (χ4v) is 4.28. The van der Waals surface area contributed by atoms with Crippen LogP contribution in [0, 0.1) is 0 Å². The Labute approximate surface area is 168 Å². The number of hydrogen-bond acceptors (Lipinski definition) is 4. The van der Waals surface area contributed by atoms with E-state index < -0.39 is 0 Å². The van der Waals surface area contributed by atoms with Crippen molar-refractivity contribution in [1.29, 1.82) is 0 Å². The van der Waals surface area contributed by atoms with Crippen LogP contribution in [0.4, 0.5) is 4.79 Å². The molecule has 0 bridgehead atoms. The monoisotopic (exact) mass is 390 g/mol. The number of likely N-dealkylation sites (tertiary alicyclic amines) is 1. The standard InChI is InChI=1S/C20H32N4O.CH2O2/c1-17(18-8-5-4-6-9-18)21-19(25)24-14-10-20(11-15-24)16-22(2)12-7-13-23(20)3;2-1-3/h4-6,8-9,17H,7,10-16H2,1-3H3,(H,21,25);1H,(H,2,3)/t17-;/m0./s1. The average molecular weight is 391 g/mol. The molecule has 28 heavy (non-hydrogen) atoms. The molecule has 156 valence electrons. The number of likely N-dealkylation sites (N-methyl/N-ethyl adjacent to an activating group) is 2. The zero-order chi connectivity index (χ0) is 20.6. The van der Waals surface area contributed by atoms with Crippen LogP contribution in [0.2, 0.25) is 0 Å². The third-order valence-electron chi connectivity index (χ3n) is 6.03. The van der Waals surface area contributed by atoms with Crippen LogP contribution in [0.3, 0.4) is 0 Å². The van der Waals surface area contributed by atoms with E-state index in [2.05, 4.69) is 41.3 Å². The maximum atomic E-state index is 12.7. The van der Waals surface area contributed by atoms with E-state index >= 15 is 0 Å². The van der Waals surface area contributed by atoms with Gasteiger partial charge in [-0.3, -0.25) is 9.69 Å². The van der Waals surface area contributed by atoms with Crippen molar-refractivity contribution >= 4 is 12.5 Å². The number of rotatable bonds is 2. The van der Waals surface area contributed by atoms with E-state index in [1.165, 1.54) is 13.0 Å². The lowest BCUT2D eigenvalue weighted by molar-refractivity contribution is -0.122. The molecule has 0 aromatic heterocycles. The van der Waals surface area contributed by atoms with Crippen LogP contribution in [0.5, 0.6) is 0 Å². The van der Waals surface area contributed by atoms with Gasteiger partial charge in [-0.25, -0.2) is 4.79 Å². The van der Waals surface area contributed by atoms with Crippen LogP contribution in [-0.4, -0.2) is 84.7 Å². The molecule has 2 aliphatic heterocycles. The maximum Gasteiger partial charge on any atom is 0.317 e. The number of amides is 2. The van der Waals surface area contributed by atoms with Gasteiger partial charge in [0.15, 0.2) is 0 Å². The third-order valence-corrected chi connectivity index (χ3v) is 6.03. The smallest absolute Gasteiger partial charge is 0.317 e. The molecule has 2 heterocycles. The van der Waals surface area contributed by atoms with Crippen LogP contribution in [0.25, 0.3) is 0 Å². The average Bonchev–Trinajstić information content (AvgIpc) is 2.82. The first-order valence-corrected chi connectivity index (χ1v) is 10.00. The molecule has 7 nitrogen and oxygen atoms in total. The summed E-state index contributed by atoms with van der Waals surface area (Å²) in [4.78, 5) is 28.0. The quantitative estimate of drug-likeness (QED) is 0.758. The highest BCUT2D eigenvalue weighted by atomic mass is 16.3. The number of carbonyl (C=O) groups is 2. The molecule has 1 atom stereocenters. The molecule has 7 heteroatoms. The number of carboxylic acid groups (broad SMARTS) is 1. The van der Waals surface area contributed by atoms with Gasteiger partial charge >= 0.3 is 6.03 Å². The van der Waals surface area contributed by atoms with E-state index in [1.54, 1.807) is 0 Å². The van der Waals surface area contributed by atoms with E-state index in [0.29, 0.717) is 0 Å². The van der Waals surface area contributed by atoms with Crippen molar-refractivity contribution in [3.63, 3.8) is 0 Å². The molecular weight excluding hydrogens is 356 g/mol. The van der Waals surface area contributed by atoms with Crippen molar-refractivity contribution in [3.8, 4) is 0 Å². The summed E-state index contributed by atoms with van der Waals surface area (Å²) < 4.78 is 0. The molecule has 2 saturated heterocycles. The van der Waals surface area contributed by atoms with Gasteiger partial charge < -0.3 is 20.2 Å². The fourth-order valence-electron chi connectivity index (χ4n) is 4.28. The highest BCUT2D eigenvalue weighted by Crippen LogP contribution is 2.31. The Bertz CT molecular complexity index is 617. The van der Waals surface area contributed by atoms with E-state index in [-0.39, 0.29) is 24.1 Å². The number of benzene rings is 1. The van der Waals surface area contributed by atoms with Crippen molar-refractivity contribution in [2.75, 3.05) is 46.8 Å². The minimum absolute atomic E-state index is 0.0382. The van der Waals surface area contributed by atoms with Crippen LogP contribution in [-0.2, 0) is 4.79 Å². The molecule has 1 spiro atoms. The van der Waals surface area contributed by atoms with E-state index in [4.69, 9.17) is 9.90 Å². The molecule has 1 aromatic rings. The first kappa shape index (κ1) is 22.2. The normalized spacial score (nSPS) is 21.2. The Morgan fingerprint density at radius 1 is 1.14 bits per heavy atom. The van der Waals surface area contributed by atoms with Crippen molar-refractivity contribution in [1.82, 2.24) is 20.0 Å². The summed E-state index contributed by atoms with van der Waals surface area (Å²) >= 11 is 0. The van der Waals surface area contributed by atoms with Crippen molar-refractivity contribution in [2.24, 2.45) is 0 Å². The first-order chi connectivity index (χ1) is 13.4. The number of urea groups is 1. The van der Waals surface area contributed by atoms with Crippen LogP contribution < -0.4 is 5.32 Å². The number of piperidine rings is 1. The highest BCUT2D eigenvalue weighted by molar-refractivity contribution is 5.74. The molecular formula is C21H34N4O3. The summed E-state index contributed by atoms with van der Waals surface area (Å²) in [5.41, 5.74) is 1.38. The molecule has 3 rings (SSSR count). The Morgan fingerprint density at radius 3 is 2.36 bits per heavy atom. The summed E-state index contributed by atoms with van der Waals surface area (Å²) in [6, 6.07) is 10.3. The predicted octanol–water partition coefficient (Wildman–Crippen LogP) is 2.26. The van der Waals surface area contributed by atoms with Crippen LogP contribution >= 0.6 is 0 Å². The second kappa shape index (κ2) is 10.4. The molecule has 0 saturated carbocycles. The van der Waals surface area contributed by atoms with E-state index in [9.17, 15) is 4.79 Å². The topological polar surface area (TPSA) is 76.1 Å². The van der Waals surface area contributed by atoms with Gasteiger partial charge in [0, 0.05) is 25.2 Å². The largest absolute Gasteiger partial charge is 0.483 e. The van der Waals surface area contributed by atoms with E-state index in [1.807, 2.05) is 30.0 Å². The summed E-state index contributed by atoms with van der Waals surface area (Å²) in [5, 5.41) is 10.0. The van der Waals surface area contributed by atoms with Gasteiger partial charge in [0.2, 0.25) is 0 Å². The molecule has 0 unspecified atom stereocenters. The van der Waals surface area contributed by atoms with Crippen molar-refractivity contribution in [2.45, 2.75) is 37.8 Å². The van der Waals surface area contributed by atoms with Crippen molar-refractivity contribution in [3.05, 3.63) is 35.9 Å². The van der Waals surface area contributed by atoms with Gasteiger partial charge in [-0.05, 0) is 58.9 Å². The van der Waals surface area contributed by atoms with Gasteiger partial charge in [0.05, 0.1) is 6.04 Å². The zero-order valence-corrected chi connectivity index (χ0v) is 17.3.